The van der Waals surface area contributed by atoms with Crippen LogP contribution in [0, 0.1) is 5.21 Å². The third-order valence-corrected chi connectivity index (χ3v) is 4.02. The van der Waals surface area contributed by atoms with Gasteiger partial charge < -0.3 is 14.7 Å². The van der Waals surface area contributed by atoms with E-state index in [4.69, 9.17) is 9.47 Å². The predicted octanol–water partition coefficient (Wildman–Crippen LogP) is 4.20. The van der Waals surface area contributed by atoms with Gasteiger partial charge in [-0.1, -0.05) is 42.5 Å². The number of hydroxylamine groups is 1. The molecule has 1 fully saturated rings. The number of hydrogen-bond donors (Lipinski definition) is 0. The first-order chi connectivity index (χ1) is 11.4. The highest BCUT2D eigenvalue weighted by atomic mass is 16.7. The van der Waals surface area contributed by atoms with Crippen molar-refractivity contribution in [2.24, 2.45) is 0 Å². The molecule has 24 heavy (non-hydrogen) atoms. The first-order valence-corrected chi connectivity index (χ1v) is 8.30. The van der Waals surface area contributed by atoms with Gasteiger partial charge >= 0.3 is 0 Å². The predicted molar refractivity (Wildman–Crippen MR) is 96.9 cm³/mol. The fraction of sp³-hybridized carbons (Fsp3) is 0.450. The summed E-state index contributed by atoms with van der Waals surface area (Å²) in [4.78, 5) is 0. The molecule has 0 unspecified atom stereocenters. The lowest BCUT2D eigenvalue weighted by atomic mass is 9.87. The fourth-order valence-corrected chi connectivity index (χ4v) is 3.30. The summed E-state index contributed by atoms with van der Waals surface area (Å²) in [6.45, 7) is 11.7. The highest BCUT2D eigenvalue weighted by molar-refractivity contribution is 5.58. The Balaban J connectivity index is 2.17. The molecule has 1 aromatic carbocycles. The van der Waals surface area contributed by atoms with Gasteiger partial charge in [0.2, 0.25) is 0 Å². The summed E-state index contributed by atoms with van der Waals surface area (Å²) in [6.07, 6.45) is 6.97. The Morgan fingerprint density at radius 1 is 1.21 bits per heavy atom. The van der Waals surface area contributed by atoms with Crippen LogP contribution in [0.2, 0.25) is 0 Å². The van der Waals surface area contributed by atoms with Crippen LogP contribution in [0.25, 0.3) is 0 Å². The highest BCUT2D eigenvalue weighted by Crippen LogP contribution is 2.38. The maximum atomic E-state index is 12.3. The molecule has 0 saturated carbocycles. The molecule has 1 aliphatic heterocycles. The summed E-state index contributed by atoms with van der Waals surface area (Å²) < 4.78 is 13.0. The van der Waals surface area contributed by atoms with Crippen LogP contribution >= 0.6 is 0 Å². The van der Waals surface area contributed by atoms with Gasteiger partial charge in [0.1, 0.15) is 6.10 Å². The minimum atomic E-state index is -0.765. The molecule has 1 saturated heterocycles. The Hall–Kier alpha value is -1.91. The maximum Gasteiger partial charge on any atom is 0.180 e. The van der Waals surface area contributed by atoms with Crippen LogP contribution in [-0.2, 0) is 16.0 Å². The van der Waals surface area contributed by atoms with E-state index in [1.54, 1.807) is 6.21 Å². The van der Waals surface area contributed by atoms with Crippen molar-refractivity contribution in [1.29, 1.82) is 0 Å². The second-order valence-corrected chi connectivity index (χ2v) is 6.74. The molecule has 0 aromatic heterocycles. The van der Waals surface area contributed by atoms with Gasteiger partial charge in [-0.3, -0.25) is 0 Å². The number of rotatable bonds is 7. The Morgan fingerprint density at radius 2 is 1.83 bits per heavy atom. The van der Waals surface area contributed by atoms with Crippen LogP contribution in [0.5, 0.6) is 0 Å². The number of ether oxygens (including phenoxy) is 2. The van der Waals surface area contributed by atoms with Gasteiger partial charge in [-0.05, 0) is 26.7 Å². The van der Waals surface area contributed by atoms with Crippen LogP contribution in [-0.4, -0.2) is 28.4 Å². The van der Waals surface area contributed by atoms with E-state index in [-0.39, 0.29) is 6.10 Å². The largest absolute Gasteiger partial charge is 0.624 e. The molecule has 0 spiro atoms. The van der Waals surface area contributed by atoms with Gasteiger partial charge in [-0.25, -0.2) is 4.74 Å². The standard InChI is InChI=1S/C20H27NO3/c1-5-12-20(13-6-2)14-18(23-19(3,4)24-20)16-21(22)15-17-10-8-7-9-11-17/h5-11,16,18H,1-2,12-15H2,3-4H3/b21-16+/t18-/m0/s1. The smallest absolute Gasteiger partial charge is 0.180 e. The molecule has 1 aromatic rings. The van der Waals surface area contributed by atoms with Crippen LogP contribution in [0.3, 0.4) is 0 Å². The number of benzene rings is 1. The van der Waals surface area contributed by atoms with Crippen molar-refractivity contribution in [3.8, 4) is 0 Å². The molecule has 1 heterocycles. The van der Waals surface area contributed by atoms with E-state index >= 15 is 0 Å². The molecule has 0 aliphatic carbocycles. The Labute approximate surface area is 144 Å². The van der Waals surface area contributed by atoms with Gasteiger partial charge in [0, 0.05) is 12.0 Å². The topological polar surface area (TPSA) is 44.5 Å². The minimum Gasteiger partial charge on any atom is -0.624 e. The molecule has 0 radical (unpaired) electrons. The second-order valence-electron chi connectivity index (χ2n) is 6.74. The average Bonchev–Trinajstić information content (AvgIpc) is 2.46. The average molecular weight is 329 g/mol. The Bertz CT molecular complexity index is 582. The third kappa shape index (κ3) is 5.05. The molecule has 2 rings (SSSR count). The Morgan fingerprint density at radius 3 is 2.42 bits per heavy atom. The van der Waals surface area contributed by atoms with E-state index < -0.39 is 11.4 Å². The lowest BCUT2D eigenvalue weighted by Crippen LogP contribution is -2.53. The number of hydrogen-bond acceptors (Lipinski definition) is 3. The van der Waals surface area contributed by atoms with Gasteiger partial charge in [-0.15, -0.1) is 13.2 Å². The molecular weight excluding hydrogens is 302 g/mol. The van der Waals surface area contributed by atoms with E-state index in [1.807, 2.05) is 56.3 Å². The molecule has 0 N–H and O–H groups in total. The molecular formula is C20H27NO3. The molecule has 1 aliphatic rings. The monoisotopic (exact) mass is 329 g/mol. The lowest BCUT2D eigenvalue weighted by Gasteiger charge is -2.46. The van der Waals surface area contributed by atoms with Gasteiger partial charge in [0.15, 0.2) is 18.5 Å². The van der Waals surface area contributed by atoms with E-state index in [0.29, 0.717) is 25.8 Å². The van der Waals surface area contributed by atoms with Gasteiger partial charge in [0.25, 0.3) is 0 Å². The van der Waals surface area contributed by atoms with E-state index in [0.717, 1.165) is 10.3 Å². The maximum absolute atomic E-state index is 12.3. The van der Waals surface area contributed by atoms with Crippen LogP contribution in [0.1, 0.15) is 38.7 Å². The molecule has 1 atom stereocenters. The van der Waals surface area contributed by atoms with Crippen molar-refractivity contribution < 1.29 is 14.2 Å². The molecule has 0 amide bonds. The minimum absolute atomic E-state index is 0.303. The molecule has 4 heteroatoms. The quantitative estimate of drug-likeness (QED) is 0.248. The summed E-state index contributed by atoms with van der Waals surface area (Å²) in [6, 6.07) is 9.67. The van der Waals surface area contributed by atoms with Crippen molar-refractivity contribution in [2.75, 3.05) is 0 Å². The summed E-state index contributed by atoms with van der Waals surface area (Å²) in [5.74, 6) is -0.765. The normalized spacial score (nSPS) is 22.8. The zero-order chi connectivity index (χ0) is 17.6. The summed E-state index contributed by atoms with van der Waals surface area (Å²) in [7, 11) is 0. The summed E-state index contributed by atoms with van der Waals surface area (Å²) in [5.41, 5.74) is 0.540. The van der Waals surface area contributed by atoms with Gasteiger partial charge in [0.05, 0.1) is 5.60 Å². The second kappa shape index (κ2) is 7.77. The van der Waals surface area contributed by atoms with E-state index in [9.17, 15) is 5.21 Å². The van der Waals surface area contributed by atoms with E-state index in [1.165, 1.54) is 0 Å². The van der Waals surface area contributed by atoms with Crippen molar-refractivity contribution in [2.45, 2.75) is 57.1 Å². The first-order valence-electron chi connectivity index (χ1n) is 8.30. The van der Waals surface area contributed by atoms with E-state index in [2.05, 4.69) is 13.2 Å². The molecule has 130 valence electrons. The van der Waals surface area contributed by atoms with Crippen molar-refractivity contribution in [3.63, 3.8) is 0 Å². The number of nitrogens with zero attached hydrogens (tertiary/aromatic N) is 1. The van der Waals surface area contributed by atoms with Gasteiger partial charge in [-0.2, -0.15) is 0 Å². The first kappa shape index (κ1) is 18.4. The zero-order valence-electron chi connectivity index (χ0n) is 14.6. The summed E-state index contributed by atoms with van der Waals surface area (Å²) >= 11 is 0. The molecule has 0 bridgehead atoms. The van der Waals surface area contributed by atoms with Crippen LogP contribution in [0.4, 0.5) is 0 Å². The van der Waals surface area contributed by atoms with Crippen molar-refractivity contribution in [3.05, 3.63) is 66.4 Å². The van der Waals surface area contributed by atoms with Crippen LogP contribution < -0.4 is 0 Å². The van der Waals surface area contributed by atoms with Crippen molar-refractivity contribution in [1.82, 2.24) is 0 Å². The lowest BCUT2D eigenvalue weighted by molar-refractivity contribution is -0.475. The summed E-state index contributed by atoms with van der Waals surface area (Å²) in [5, 5.41) is 12.3. The molecule has 4 nitrogen and oxygen atoms in total. The fourth-order valence-electron chi connectivity index (χ4n) is 3.30. The Kier molecular flexibility index (Phi) is 5.97. The van der Waals surface area contributed by atoms with Crippen LogP contribution in [0.15, 0.2) is 55.6 Å². The SMILES string of the molecule is C=CCC1(CC=C)C[C@@H](/C=[N+](/[O-])Cc2ccccc2)OC(C)(C)O1. The zero-order valence-corrected chi connectivity index (χ0v) is 14.6. The third-order valence-electron chi connectivity index (χ3n) is 4.02. The van der Waals surface area contributed by atoms with Crippen molar-refractivity contribution >= 4 is 6.21 Å². The highest BCUT2D eigenvalue weighted by Gasteiger charge is 2.45.